The third-order valence-corrected chi connectivity index (χ3v) is 4.41. The third-order valence-electron chi connectivity index (χ3n) is 4.41. The highest BCUT2D eigenvalue weighted by atomic mass is 16.4. The summed E-state index contributed by atoms with van der Waals surface area (Å²) in [5.41, 5.74) is 8.01. The highest BCUT2D eigenvalue weighted by Crippen LogP contribution is 2.20. The number of amides is 1. The first-order valence-corrected chi connectivity index (χ1v) is 8.70. The third kappa shape index (κ3) is 4.14. The zero-order valence-corrected chi connectivity index (χ0v) is 14.4. The van der Waals surface area contributed by atoms with Crippen molar-refractivity contribution in [3.8, 4) is 11.3 Å². The summed E-state index contributed by atoms with van der Waals surface area (Å²) in [5, 5.41) is 10.2. The molecule has 1 atom stereocenters. The molecule has 0 radical (unpaired) electrons. The number of hydrogen-bond donors (Lipinski definition) is 2. The van der Waals surface area contributed by atoms with Gasteiger partial charge in [0, 0.05) is 12.0 Å². The zero-order chi connectivity index (χ0) is 18.5. The Balaban J connectivity index is 1.99. The first kappa shape index (κ1) is 17.8. The van der Waals surface area contributed by atoms with E-state index in [1.165, 1.54) is 0 Å². The van der Waals surface area contributed by atoms with Crippen LogP contribution in [-0.2, 0) is 16.0 Å². The normalized spacial score (nSPS) is 15.5. The van der Waals surface area contributed by atoms with Crippen LogP contribution in [0.15, 0.2) is 30.3 Å². The van der Waals surface area contributed by atoms with Crippen LogP contribution in [0, 0.1) is 5.92 Å². The van der Waals surface area contributed by atoms with Gasteiger partial charge in [0.1, 0.15) is 0 Å². The van der Waals surface area contributed by atoms with Crippen LogP contribution in [0.5, 0.6) is 0 Å². The van der Waals surface area contributed by atoms with Crippen LogP contribution < -0.4 is 16.4 Å². The van der Waals surface area contributed by atoms with Gasteiger partial charge in [-0.1, -0.05) is 36.4 Å². The number of nitrogens with zero attached hydrogens (tertiary/aromatic N) is 2. The maximum absolute atomic E-state index is 11.5. The molecule has 134 valence electrons. The Morgan fingerprint density at radius 1 is 1.12 bits per heavy atom. The molecule has 0 fully saturated rings. The van der Waals surface area contributed by atoms with Gasteiger partial charge in [-0.05, 0) is 31.8 Å². The molecule has 0 saturated heterocycles. The van der Waals surface area contributed by atoms with Gasteiger partial charge in [-0.3, -0.25) is 9.59 Å². The number of carbonyl (C=O) groups excluding carboxylic acids is 1. The lowest BCUT2D eigenvalue weighted by molar-refractivity contribution is -0.137. The first-order valence-electron chi connectivity index (χ1n) is 8.70. The number of rotatable bonds is 7. The number of carboxylic acids is 1. The fourth-order valence-electron chi connectivity index (χ4n) is 3.04. The van der Waals surface area contributed by atoms with Crippen LogP contribution >= 0.6 is 0 Å². The van der Waals surface area contributed by atoms with Gasteiger partial charge < -0.3 is 10.8 Å². The molecule has 1 aromatic carbocycles. The van der Waals surface area contributed by atoms with Crippen molar-refractivity contribution in [3.63, 3.8) is 0 Å². The smallest absolute Gasteiger partial charge is 0.303 e. The van der Waals surface area contributed by atoms with Crippen molar-refractivity contribution in [2.75, 3.05) is 0 Å². The number of aryl methyl sites for hydroxylation is 1. The second-order valence-corrected chi connectivity index (χ2v) is 6.37. The number of hydrogen-bond acceptors (Lipinski definition) is 4. The highest BCUT2D eigenvalue weighted by molar-refractivity contribution is 5.83. The molecule has 26 heavy (non-hydrogen) atoms. The molecule has 1 aromatic heterocycles. The van der Waals surface area contributed by atoms with Crippen LogP contribution in [0.3, 0.4) is 0 Å². The zero-order valence-electron chi connectivity index (χ0n) is 14.4. The second kappa shape index (κ2) is 7.91. The molecule has 0 saturated carbocycles. The van der Waals surface area contributed by atoms with Crippen LogP contribution in [0.25, 0.3) is 23.4 Å². The molecule has 2 aromatic rings. The summed E-state index contributed by atoms with van der Waals surface area (Å²) in [7, 11) is 0. The first-order chi connectivity index (χ1) is 12.5. The van der Waals surface area contributed by atoms with Gasteiger partial charge >= 0.3 is 5.97 Å². The summed E-state index contributed by atoms with van der Waals surface area (Å²) in [5.74, 6) is -1.53. The Morgan fingerprint density at radius 2 is 1.88 bits per heavy atom. The number of benzene rings is 1. The van der Waals surface area contributed by atoms with Crippen molar-refractivity contribution < 1.29 is 14.7 Å². The highest BCUT2D eigenvalue weighted by Gasteiger charge is 2.17. The quantitative estimate of drug-likeness (QED) is 0.724. The number of carbonyl (C=O) groups is 2. The predicted octanol–water partition coefficient (Wildman–Crippen LogP) is 1.01. The minimum absolute atomic E-state index is 0.142. The molecule has 3 N–H and O–H groups in total. The second-order valence-electron chi connectivity index (χ2n) is 6.37. The van der Waals surface area contributed by atoms with Crippen LogP contribution in [0.2, 0.25) is 0 Å². The minimum atomic E-state index is -0.794. The monoisotopic (exact) mass is 351 g/mol. The summed E-state index contributed by atoms with van der Waals surface area (Å²) >= 11 is 0. The Morgan fingerprint density at radius 3 is 2.58 bits per heavy atom. The molecule has 1 heterocycles. The van der Waals surface area contributed by atoms with Gasteiger partial charge in [0.05, 0.1) is 28.0 Å². The summed E-state index contributed by atoms with van der Waals surface area (Å²) < 4.78 is 0. The molecule has 0 spiro atoms. The Bertz CT molecular complexity index is 939. The van der Waals surface area contributed by atoms with Gasteiger partial charge in [0.25, 0.3) is 0 Å². The molecule has 0 aliphatic heterocycles. The largest absolute Gasteiger partial charge is 0.481 e. The Hall–Kier alpha value is -3.02. The summed E-state index contributed by atoms with van der Waals surface area (Å²) in [6, 6.07) is 9.80. The predicted molar refractivity (Wildman–Crippen MR) is 98.1 cm³/mol. The van der Waals surface area contributed by atoms with Crippen molar-refractivity contribution in [3.05, 3.63) is 46.7 Å². The number of carboxylic acid groups (broad SMARTS) is 1. The van der Waals surface area contributed by atoms with E-state index in [0.29, 0.717) is 31.0 Å². The van der Waals surface area contributed by atoms with E-state index in [9.17, 15) is 9.59 Å². The molecule has 1 amide bonds. The summed E-state index contributed by atoms with van der Waals surface area (Å²) in [4.78, 5) is 31.7. The van der Waals surface area contributed by atoms with Gasteiger partial charge in [0.2, 0.25) is 5.91 Å². The maximum Gasteiger partial charge on any atom is 0.303 e. The van der Waals surface area contributed by atoms with Crippen LogP contribution in [-0.4, -0.2) is 27.0 Å². The van der Waals surface area contributed by atoms with E-state index in [1.54, 1.807) is 6.08 Å². The number of primary amides is 1. The van der Waals surface area contributed by atoms with E-state index in [0.717, 1.165) is 22.3 Å². The number of unbranched alkanes of at least 4 members (excludes halogenated alkanes) is 1. The molecular formula is C20H21N3O3. The number of nitrogens with two attached hydrogens (primary N) is 1. The molecule has 3 rings (SSSR count). The Labute approximate surface area is 151 Å². The van der Waals surface area contributed by atoms with E-state index in [4.69, 9.17) is 20.8 Å². The Kier molecular flexibility index (Phi) is 5.41. The average Bonchev–Trinajstić information content (AvgIpc) is 2.64. The molecule has 6 heteroatoms. The lowest BCUT2D eigenvalue weighted by Crippen LogP contribution is -2.39. The molecular weight excluding hydrogens is 330 g/mol. The summed E-state index contributed by atoms with van der Waals surface area (Å²) in [6.07, 6.45) is 6.28. The lowest BCUT2D eigenvalue weighted by Gasteiger charge is -2.13. The van der Waals surface area contributed by atoms with Gasteiger partial charge in [-0.2, -0.15) is 0 Å². The maximum atomic E-state index is 11.5. The fraction of sp³-hybridized carbons (Fsp3) is 0.300. The molecule has 1 unspecified atom stereocenters. The SMILES string of the molecule is NC(=O)C1C=c2nc(CCCCC(=O)O)c(-c3ccccc3)nc2=CC1. The van der Waals surface area contributed by atoms with E-state index >= 15 is 0 Å². The molecule has 1 aliphatic carbocycles. The van der Waals surface area contributed by atoms with Crippen molar-refractivity contribution >= 4 is 24.0 Å². The average molecular weight is 351 g/mol. The topological polar surface area (TPSA) is 106 Å². The standard InChI is InChI=1S/C20H21N3O3/c21-20(26)14-10-11-15-17(12-14)22-16(8-4-5-9-18(24)25)19(23-15)13-6-2-1-3-7-13/h1-3,6-7,11-12,14H,4-5,8-10H2,(H2,21,26)(H,24,25). The van der Waals surface area contributed by atoms with Gasteiger partial charge in [0.15, 0.2) is 0 Å². The molecule has 0 bridgehead atoms. The van der Waals surface area contributed by atoms with E-state index < -0.39 is 5.97 Å². The molecule has 6 nitrogen and oxygen atoms in total. The van der Waals surface area contributed by atoms with Crippen LogP contribution in [0.1, 0.15) is 31.4 Å². The van der Waals surface area contributed by atoms with Gasteiger partial charge in [-0.15, -0.1) is 0 Å². The van der Waals surface area contributed by atoms with Crippen molar-refractivity contribution in [1.29, 1.82) is 0 Å². The van der Waals surface area contributed by atoms with Gasteiger partial charge in [-0.25, -0.2) is 9.97 Å². The lowest BCUT2D eigenvalue weighted by atomic mass is 9.99. The van der Waals surface area contributed by atoms with E-state index in [2.05, 4.69) is 0 Å². The number of aliphatic carboxylic acids is 1. The summed E-state index contributed by atoms with van der Waals surface area (Å²) in [6.45, 7) is 0. The number of fused-ring (bicyclic) bond motifs is 1. The van der Waals surface area contributed by atoms with E-state index in [-0.39, 0.29) is 18.2 Å². The number of aromatic nitrogens is 2. The van der Waals surface area contributed by atoms with Crippen molar-refractivity contribution in [2.45, 2.75) is 32.1 Å². The molecule has 1 aliphatic rings. The van der Waals surface area contributed by atoms with Crippen LogP contribution in [0.4, 0.5) is 0 Å². The van der Waals surface area contributed by atoms with Crippen molar-refractivity contribution in [2.24, 2.45) is 11.7 Å². The minimum Gasteiger partial charge on any atom is -0.481 e. The van der Waals surface area contributed by atoms with E-state index in [1.807, 2.05) is 36.4 Å². The fourth-order valence-corrected chi connectivity index (χ4v) is 3.04. The van der Waals surface area contributed by atoms with Crippen molar-refractivity contribution in [1.82, 2.24) is 9.97 Å².